The van der Waals surface area contributed by atoms with Gasteiger partial charge in [0.15, 0.2) is 5.75 Å². The van der Waals surface area contributed by atoms with E-state index in [1.165, 1.54) is 7.05 Å². The minimum Gasteiger partial charge on any atom is -0.486 e. The first-order valence-corrected chi connectivity index (χ1v) is 20.2. The minimum atomic E-state index is -1.01. The zero-order valence-corrected chi connectivity index (χ0v) is 37.6. The molecule has 1 aliphatic carbocycles. The number of nitrogens with zero attached hydrogens (tertiary/aromatic N) is 3. The highest BCUT2D eigenvalue weighted by Crippen LogP contribution is 2.48. The zero-order chi connectivity index (χ0) is 43.8. The molecule has 4 rings (SSSR count). The number of guanidine groups is 1. The predicted molar refractivity (Wildman–Crippen MR) is 218 cm³/mol. The third-order valence-electron chi connectivity index (χ3n) is 9.32. The number of ether oxygens (including phenoxy) is 6. The van der Waals surface area contributed by atoms with Crippen molar-refractivity contribution in [3.8, 4) is 11.5 Å². The van der Waals surface area contributed by atoms with Crippen LogP contribution in [0, 0.1) is 5.41 Å². The van der Waals surface area contributed by atoms with Crippen LogP contribution in [0.25, 0.3) is 0 Å². The molecule has 2 atom stereocenters. The van der Waals surface area contributed by atoms with Gasteiger partial charge in [0, 0.05) is 7.05 Å². The van der Waals surface area contributed by atoms with E-state index in [0.29, 0.717) is 18.3 Å². The van der Waals surface area contributed by atoms with Crippen LogP contribution < -0.4 is 9.47 Å². The average molecular weight is 816 g/mol. The van der Waals surface area contributed by atoms with Crippen LogP contribution in [0.3, 0.4) is 0 Å². The van der Waals surface area contributed by atoms with Crippen molar-refractivity contribution in [3.05, 3.63) is 23.3 Å². The van der Waals surface area contributed by atoms with Gasteiger partial charge in [-0.05, 0) is 139 Å². The molecule has 1 aromatic rings. The molecule has 2 aliphatic heterocycles. The summed E-state index contributed by atoms with van der Waals surface area (Å²) in [4.78, 5) is 60.3. The van der Waals surface area contributed by atoms with Crippen molar-refractivity contribution >= 4 is 37.4 Å². The number of rotatable bonds is 7. The smallest absolute Gasteiger partial charge is 0.486 e. The fourth-order valence-corrected chi connectivity index (χ4v) is 7.11. The van der Waals surface area contributed by atoms with Crippen LogP contribution >= 0.6 is 0 Å². The number of fused-ring (bicyclic) bond motifs is 1. The van der Waals surface area contributed by atoms with Crippen molar-refractivity contribution in [2.24, 2.45) is 10.4 Å². The van der Waals surface area contributed by atoms with Crippen LogP contribution in [-0.4, -0.2) is 108 Å². The summed E-state index contributed by atoms with van der Waals surface area (Å²) in [6, 6.07) is 3.37. The zero-order valence-electron chi connectivity index (χ0n) is 37.6. The molecule has 2 amide bonds. The van der Waals surface area contributed by atoms with Crippen molar-refractivity contribution in [3.63, 3.8) is 0 Å². The van der Waals surface area contributed by atoms with Gasteiger partial charge in [-0.25, -0.2) is 19.2 Å². The Morgan fingerprint density at radius 2 is 1.45 bits per heavy atom. The topological polar surface area (TPSA) is 161 Å². The van der Waals surface area contributed by atoms with Gasteiger partial charge in [-0.2, -0.15) is 0 Å². The summed E-state index contributed by atoms with van der Waals surface area (Å²) in [6.07, 6.45) is 0.330. The fourth-order valence-electron chi connectivity index (χ4n) is 7.11. The highest BCUT2D eigenvalue weighted by Gasteiger charge is 2.53. The van der Waals surface area contributed by atoms with E-state index in [1.54, 1.807) is 100 Å². The van der Waals surface area contributed by atoms with Crippen molar-refractivity contribution in [2.75, 3.05) is 20.1 Å². The third kappa shape index (κ3) is 13.2. The highest BCUT2D eigenvalue weighted by molar-refractivity contribution is 6.45. The van der Waals surface area contributed by atoms with E-state index in [4.69, 9.17) is 37.7 Å². The van der Waals surface area contributed by atoms with E-state index in [0.717, 1.165) is 24.2 Å². The molecule has 2 heterocycles. The predicted octanol–water partition coefficient (Wildman–Crippen LogP) is 8.59. The Morgan fingerprint density at radius 3 is 2.02 bits per heavy atom. The first kappa shape index (κ1) is 46.6. The first-order valence-electron chi connectivity index (χ1n) is 20.2. The Hall–Kier alpha value is -4.05. The van der Waals surface area contributed by atoms with E-state index in [-0.39, 0.29) is 47.6 Å². The maximum atomic E-state index is 14.1. The lowest BCUT2D eigenvalue weighted by Gasteiger charge is -2.43. The van der Waals surface area contributed by atoms with Crippen LogP contribution in [0.15, 0.2) is 17.1 Å². The molecule has 324 valence electrons. The molecule has 2 unspecified atom stereocenters. The van der Waals surface area contributed by atoms with Crippen molar-refractivity contribution in [1.29, 1.82) is 0 Å². The van der Waals surface area contributed by atoms with Gasteiger partial charge in [-0.3, -0.25) is 4.90 Å². The van der Waals surface area contributed by atoms with Gasteiger partial charge in [0.1, 0.15) is 39.8 Å². The van der Waals surface area contributed by atoms with E-state index >= 15 is 0 Å². The van der Waals surface area contributed by atoms with Gasteiger partial charge in [0.2, 0.25) is 5.96 Å². The summed E-state index contributed by atoms with van der Waals surface area (Å²) in [5.74, 6) is -0.739. The van der Waals surface area contributed by atoms with Crippen LogP contribution in [0.1, 0.15) is 139 Å². The molecular weight excluding hydrogens is 749 g/mol. The maximum Gasteiger partial charge on any atom is 0.514 e. The molecule has 3 aliphatic rings. The Kier molecular flexibility index (Phi) is 13.6. The van der Waals surface area contributed by atoms with E-state index in [2.05, 4.69) is 25.8 Å². The van der Waals surface area contributed by atoms with Gasteiger partial charge in [0.05, 0.1) is 24.8 Å². The molecule has 0 radical (unpaired) electrons. The minimum absolute atomic E-state index is 0.00590. The largest absolute Gasteiger partial charge is 0.514 e. The molecule has 3 fully saturated rings. The van der Waals surface area contributed by atoms with Crippen LogP contribution in [0.2, 0.25) is 6.32 Å². The average Bonchev–Trinajstić information content (AvgIpc) is 3.31. The third-order valence-corrected chi connectivity index (χ3v) is 9.32. The second-order valence-corrected chi connectivity index (χ2v) is 20.5. The molecule has 15 nitrogen and oxygen atoms in total. The summed E-state index contributed by atoms with van der Waals surface area (Å²) in [7, 11) is 0.942. The van der Waals surface area contributed by atoms with Crippen molar-refractivity contribution < 1.29 is 56.9 Å². The number of hydrogen-bond acceptors (Lipinski definition) is 12. The van der Waals surface area contributed by atoms with Crippen LogP contribution in [-0.2, 0) is 34.7 Å². The van der Waals surface area contributed by atoms with Crippen LogP contribution in [0.4, 0.5) is 14.4 Å². The lowest BCUT2D eigenvalue weighted by molar-refractivity contribution is -0.0298. The number of amides is 2. The van der Waals surface area contributed by atoms with E-state index in [9.17, 15) is 19.2 Å². The van der Waals surface area contributed by atoms with Gasteiger partial charge in [-0.1, -0.05) is 19.9 Å². The van der Waals surface area contributed by atoms with Gasteiger partial charge >= 0.3 is 31.4 Å². The number of aliphatic imine (C=N–C) groups is 1. The normalized spacial score (nSPS) is 21.4. The van der Waals surface area contributed by atoms with E-state index < -0.39 is 65.5 Å². The van der Waals surface area contributed by atoms with Gasteiger partial charge in [-0.15, -0.1) is 4.99 Å². The second-order valence-electron chi connectivity index (χ2n) is 20.5. The van der Waals surface area contributed by atoms with Crippen LogP contribution in [0.5, 0.6) is 11.5 Å². The quantitative estimate of drug-likeness (QED) is 0.0643. The lowest BCUT2D eigenvalue weighted by Crippen LogP contribution is -2.61. The SMILES string of the molecule is CN(C(=O)OC(C)(C)C)C(=NC(=O)OC(C)(C)C)N1CC(Oc2ccc(CCB3OC4CCC(C)(C)CC4(C)O3)c(OC(=O)OC(C)(C)C)c2C(=O)OC(C)(C)C)C1. The number of benzene rings is 1. The number of aryl methyl sites for hydroxylation is 1. The summed E-state index contributed by atoms with van der Waals surface area (Å²) in [6.45, 7) is 27.5. The Morgan fingerprint density at radius 1 is 0.862 bits per heavy atom. The van der Waals surface area contributed by atoms with Gasteiger partial charge < -0.3 is 42.6 Å². The molecule has 1 aromatic carbocycles. The number of carbonyl (C=O) groups is 4. The molecule has 0 aromatic heterocycles. The molecule has 16 heteroatoms. The summed E-state index contributed by atoms with van der Waals surface area (Å²) in [5.41, 5.74) is -3.30. The number of hydrogen-bond donors (Lipinski definition) is 0. The van der Waals surface area contributed by atoms with Crippen molar-refractivity contribution in [1.82, 2.24) is 9.80 Å². The Labute approximate surface area is 344 Å². The van der Waals surface area contributed by atoms with Gasteiger partial charge in [0.25, 0.3) is 0 Å². The molecule has 58 heavy (non-hydrogen) atoms. The molecule has 2 saturated heterocycles. The second kappa shape index (κ2) is 16.9. The fraction of sp³-hybridized carbons (Fsp3) is 0.738. The van der Waals surface area contributed by atoms with E-state index in [1.807, 2.05) is 0 Å². The molecule has 0 bridgehead atoms. The summed E-state index contributed by atoms with van der Waals surface area (Å²) in [5, 5.41) is 0. The Bertz CT molecular complexity index is 1730. The molecule has 0 N–H and O–H groups in total. The number of likely N-dealkylation sites (tertiary alicyclic amines) is 1. The standard InChI is InChI=1S/C42H66BN3O12/c1-37(2,3)53-32(47)30-28(51-27-23-46(24-27)33(44-34(48)54-38(4,5)6)45(16)35(49)55-39(7,8)9)18-17-26(31(30)52-36(50)56-40(10,11)12)20-22-43-57-29-19-21-41(13,14)25-42(29,15)58-43/h17-18,27,29H,19-25H2,1-16H3. The summed E-state index contributed by atoms with van der Waals surface area (Å²) >= 11 is 0. The monoisotopic (exact) mass is 815 g/mol. The molecular formula is C42H66BN3O12. The summed E-state index contributed by atoms with van der Waals surface area (Å²) < 4.78 is 47.6. The molecule has 0 spiro atoms. The lowest BCUT2D eigenvalue weighted by atomic mass is 9.69. The maximum absolute atomic E-state index is 14.1. The Balaban J connectivity index is 1.66. The molecule has 1 saturated carbocycles. The number of carbonyl (C=O) groups excluding carboxylic acids is 4. The number of esters is 1. The highest BCUT2D eigenvalue weighted by atomic mass is 16.7. The van der Waals surface area contributed by atoms with Crippen molar-refractivity contribution in [2.45, 2.75) is 176 Å². The first-order chi connectivity index (χ1) is 26.3.